The number of rotatable bonds is 6. The van der Waals surface area contributed by atoms with Gasteiger partial charge in [-0.25, -0.2) is 0 Å². The molecule has 2 rings (SSSR count). The Balaban J connectivity index is 1.69. The average Bonchev–Trinajstić information content (AvgIpc) is 2.84. The maximum Gasteiger partial charge on any atom is 0.294 e. The van der Waals surface area contributed by atoms with E-state index in [1.54, 1.807) is 12.4 Å². The van der Waals surface area contributed by atoms with E-state index >= 15 is 0 Å². The lowest BCUT2D eigenvalue weighted by Gasteiger charge is -2.01. The first-order valence-corrected chi connectivity index (χ1v) is 6.24. The van der Waals surface area contributed by atoms with Crippen molar-refractivity contribution in [3.8, 4) is 5.19 Å². The molecule has 2 N–H and O–H groups in total. The third kappa shape index (κ3) is 3.76. The molecule has 0 aromatic carbocycles. The molecular weight excluding hydrogens is 236 g/mol. The minimum atomic E-state index is 0.415. The fourth-order valence-corrected chi connectivity index (χ4v) is 1.95. The zero-order valence-corrected chi connectivity index (χ0v) is 10.2. The third-order valence-corrected chi connectivity index (χ3v) is 3.07. The second kappa shape index (κ2) is 6.27. The van der Waals surface area contributed by atoms with E-state index in [2.05, 4.69) is 15.2 Å². The average molecular weight is 250 g/mol. The minimum absolute atomic E-state index is 0.415. The van der Waals surface area contributed by atoms with Gasteiger partial charge in [0, 0.05) is 18.9 Å². The molecule has 0 radical (unpaired) electrons. The van der Waals surface area contributed by atoms with Crippen LogP contribution in [0.25, 0.3) is 0 Å². The van der Waals surface area contributed by atoms with Crippen molar-refractivity contribution >= 4 is 11.3 Å². The van der Waals surface area contributed by atoms with Gasteiger partial charge in [0.15, 0.2) is 0 Å². The van der Waals surface area contributed by atoms with Crippen LogP contribution in [0.3, 0.4) is 0 Å². The molecule has 0 aliphatic heterocycles. The Kier molecular flexibility index (Phi) is 4.40. The van der Waals surface area contributed by atoms with Gasteiger partial charge in [-0.1, -0.05) is 11.3 Å². The van der Waals surface area contributed by atoms with Crippen molar-refractivity contribution in [2.45, 2.75) is 19.4 Å². The third-order valence-electron chi connectivity index (χ3n) is 2.21. The summed E-state index contributed by atoms with van der Waals surface area (Å²) < 4.78 is 5.48. The van der Waals surface area contributed by atoms with Crippen LogP contribution in [-0.2, 0) is 13.0 Å². The molecular formula is C11H14N4OS. The zero-order chi connectivity index (χ0) is 11.9. The SMILES string of the molecule is NCc1nnc(OCCCc2ccncc2)s1. The molecule has 0 bridgehead atoms. The largest absolute Gasteiger partial charge is 0.469 e. The summed E-state index contributed by atoms with van der Waals surface area (Å²) in [5.74, 6) is 0. The highest BCUT2D eigenvalue weighted by Crippen LogP contribution is 2.17. The van der Waals surface area contributed by atoms with E-state index in [1.165, 1.54) is 16.9 Å². The molecule has 0 aliphatic rings. The fraction of sp³-hybridized carbons (Fsp3) is 0.364. The summed E-state index contributed by atoms with van der Waals surface area (Å²) in [6.45, 7) is 1.06. The van der Waals surface area contributed by atoms with Crippen LogP contribution in [-0.4, -0.2) is 21.8 Å². The normalized spacial score (nSPS) is 10.4. The lowest BCUT2D eigenvalue weighted by molar-refractivity contribution is 0.307. The van der Waals surface area contributed by atoms with Gasteiger partial charge in [-0.05, 0) is 30.5 Å². The Morgan fingerprint density at radius 1 is 1.24 bits per heavy atom. The molecule has 6 heteroatoms. The molecule has 0 spiro atoms. The van der Waals surface area contributed by atoms with Crippen molar-refractivity contribution in [3.05, 3.63) is 35.1 Å². The Morgan fingerprint density at radius 2 is 2.06 bits per heavy atom. The molecule has 0 aliphatic carbocycles. The van der Waals surface area contributed by atoms with Crippen LogP contribution < -0.4 is 10.5 Å². The summed E-state index contributed by atoms with van der Waals surface area (Å²) in [6.07, 6.45) is 5.52. The highest BCUT2D eigenvalue weighted by atomic mass is 32.1. The van der Waals surface area contributed by atoms with E-state index in [4.69, 9.17) is 10.5 Å². The van der Waals surface area contributed by atoms with Gasteiger partial charge in [0.05, 0.1) is 6.61 Å². The number of aromatic nitrogens is 3. The van der Waals surface area contributed by atoms with Crippen molar-refractivity contribution in [1.29, 1.82) is 0 Å². The second-order valence-corrected chi connectivity index (χ2v) is 4.50. The van der Waals surface area contributed by atoms with E-state index < -0.39 is 0 Å². The molecule has 5 nitrogen and oxygen atoms in total. The lowest BCUT2D eigenvalue weighted by atomic mass is 10.1. The summed E-state index contributed by atoms with van der Waals surface area (Å²) in [5, 5.41) is 9.17. The van der Waals surface area contributed by atoms with E-state index in [0.29, 0.717) is 18.3 Å². The van der Waals surface area contributed by atoms with Crippen LogP contribution in [0, 0.1) is 0 Å². The Bertz CT molecular complexity index is 446. The highest BCUT2D eigenvalue weighted by Gasteiger charge is 2.02. The first kappa shape index (κ1) is 11.9. The molecule has 0 saturated heterocycles. The van der Waals surface area contributed by atoms with Gasteiger partial charge < -0.3 is 10.5 Å². The summed E-state index contributed by atoms with van der Waals surface area (Å²) in [5.41, 5.74) is 6.71. The second-order valence-electron chi connectivity index (χ2n) is 3.47. The molecule has 0 fully saturated rings. The number of ether oxygens (including phenoxy) is 1. The van der Waals surface area contributed by atoms with Crippen LogP contribution in [0.15, 0.2) is 24.5 Å². The summed E-state index contributed by atoms with van der Waals surface area (Å²) in [7, 11) is 0. The van der Waals surface area contributed by atoms with Gasteiger partial charge in [-0.15, -0.1) is 10.2 Å². The van der Waals surface area contributed by atoms with Crippen molar-refractivity contribution in [2.75, 3.05) is 6.61 Å². The van der Waals surface area contributed by atoms with Gasteiger partial charge >= 0.3 is 0 Å². The number of nitrogens with zero attached hydrogens (tertiary/aromatic N) is 3. The van der Waals surface area contributed by atoms with Crippen LogP contribution in [0.5, 0.6) is 5.19 Å². The number of hydrogen-bond acceptors (Lipinski definition) is 6. The fourth-order valence-electron chi connectivity index (χ4n) is 1.36. The first-order valence-electron chi connectivity index (χ1n) is 5.42. The number of nitrogens with two attached hydrogens (primary N) is 1. The molecule has 2 heterocycles. The maximum atomic E-state index is 5.48. The van der Waals surface area contributed by atoms with Crippen molar-refractivity contribution in [3.63, 3.8) is 0 Å². The monoisotopic (exact) mass is 250 g/mol. The molecule has 0 saturated carbocycles. The van der Waals surface area contributed by atoms with E-state index in [9.17, 15) is 0 Å². The van der Waals surface area contributed by atoms with Crippen LogP contribution in [0.2, 0.25) is 0 Å². The van der Waals surface area contributed by atoms with Gasteiger partial charge in [-0.2, -0.15) is 0 Å². The predicted octanol–water partition coefficient (Wildman–Crippen LogP) is 1.40. The minimum Gasteiger partial charge on any atom is -0.469 e. The van der Waals surface area contributed by atoms with Gasteiger partial charge in [0.1, 0.15) is 5.01 Å². The summed E-state index contributed by atoms with van der Waals surface area (Å²) in [4.78, 5) is 3.97. The lowest BCUT2D eigenvalue weighted by Crippen LogP contribution is -1.99. The molecule has 90 valence electrons. The molecule has 17 heavy (non-hydrogen) atoms. The van der Waals surface area contributed by atoms with E-state index in [-0.39, 0.29) is 0 Å². The van der Waals surface area contributed by atoms with Gasteiger partial charge in [0.2, 0.25) is 0 Å². The molecule has 0 unspecified atom stereocenters. The first-order chi connectivity index (χ1) is 8.38. The van der Waals surface area contributed by atoms with Gasteiger partial charge in [-0.3, -0.25) is 4.98 Å². The topological polar surface area (TPSA) is 73.9 Å². The van der Waals surface area contributed by atoms with Crippen molar-refractivity contribution in [2.24, 2.45) is 5.73 Å². The van der Waals surface area contributed by atoms with Crippen molar-refractivity contribution < 1.29 is 4.74 Å². The molecule has 0 atom stereocenters. The Hall–Kier alpha value is -1.53. The standard InChI is InChI=1S/C11H14N4OS/c12-8-10-14-15-11(17-10)16-7-1-2-9-3-5-13-6-4-9/h3-6H,1-2,7-8,12H2. The van der Waals surface area contributed by atoms with E-state index in [1.807, 2.05) is 12.1 Å². The zero-order valence-electron chi connectivity index (χ0n) is 9.37. The van der Waals surface area contributed by atoms with Crippen molar-refractivity contribution in [1.82, 2.24) is 15.2 Å². The van der Waals surface area contributed by atoms with Crippen LogP contribution >= 0.6 is 11.3 Å². The number of hydrogen-bond donors (Lipinski definition) is 1. The van der Waals surface area contributed by atoms with Gasteiger partial charge in [0.25, 0.3) is 5.19 Å². The van der Waals surface area contributed by atoms with Crippen LogP contribution in [0.1, 0.15) is 17.0 Å². The predicted molar refractivity (Wildman–Crippen MR) is 65.9 cm³/mol. The quantitative estimate of drug-likeness (QED) is 0.784. The van der Waals surface area contributed by atoms with E-state index in [0.717, 1.165) is 17.8 Å². The number of aryl methyl sites for hydroxylation is 1. The molecule has 2 aromatic heterocycles. The molecule has 2 aromatic rings. The smallest absolute Gasteiger partial charge is 0.294 e. The number of pyridine rings is 1. The Labute approximate surface area is 104 Å². The highest BCUT2D eigenvalue weighted by molar-refractivity contribution is 7.13. The Morgan fingerprint density at radius 3 is 2.76 bits per heavy atom. The van der Waals surface area contributed by atoms with Crippen LogP contribution in [0.4, 0.5) is 0 Å². The summed E-state index contributed by atoms with van der Waals surface area (Å²) in [6, 6.07) is 4.02. The summed E-state index contributed by atoms with van der Waals surface area (Å²) >= 11 is 1.40. The molecule has 0 amide bonds. The maximum absolute atomic E-state index is 5.48.